The summed E-state index contributed by atoms with van der Waals surface area (Å²) in [4.78, 5) is 0. The Morgan fingerprint density at radius 2 is 0.925 bits per heavy atom. The molecule has 1 atom stereocenters. The highest BCUT2D eigenvalue weighted by molar-refractivity contribution is 6.09. The zero-order valence-corrected chi connectivity index (χ0v) is 29.3. The van der Waals surface area contributed by atoms with E-state index >= 15 is 0 Å². The minimum atomic E-state index is -0.435. The van der Waals surface area contributed by atoms with Crippen molar-refractivity contribution >= 4 is 21.8 Å². The molecule has 0 saturated carbocycles. The zero-order valence-electron chi connectivity index (χ0n) is 29.3. The lowest BCUT2D eigenvalue weighted by molar-refractivity contribution is 0.723. The average Bonchev–Trinajstić information content (AvgIpc) is 3.78. The maximum absolute atomic E-state index is 2.57. The molecule has 1 nitrogen and oxygen atoms in total. The van der Waals surface area contributed by atoms with Crippen LogP contribution in [0.4, 0.5) is 0 Å². The topological polar surface area (TPSA) is 4.93 Å². The first-order valence-corrected chi connectivity index (χ1v) is 19.0. The minimum Gasteiger partial charge on any atom is -0.309 e. The quantitative estimate of drug-likeness (QED) is 0.172. The van der Waals surface area contributed by atoms with Gasteiger partial charge >= 0.3 is 0 Å². The molecule has 1 heteroatoms. The van der Waals surface area contributed by atoms with E-state index < -0.39 is 5.41 Å². The van der Waals surface area contributed by atoms with Crippen molar-refractivity contribution in [2.24, 2.45) is 0 Å². The van der Waals surface area contributed by atoms with Gasteiger partial charge in [-0.05, 0) is 109 Å². The Kier molecular flexibility index (Phi) is 5.94. The fraction of sp³-hybridized carbons (Fsp3) is 0.0769. The highest BCUT2D eigenvalue weighted by Crippen LogP contribution is 2.64. The number of benzene rings is 8. The van der Waals surface area contributed by atoms with E-state index in [1.54, 1.807) is 0 Å². The molecule has 0 aliphatic heterocycles. The Hall–Kier alpha value is -6.44. The summed E-state index contributed by atoms with van der Waals surface area (Å²) in [7, 11) is 0. The first-order chi connectivity index (χ1) is 26.3. The molecular formula is C52H35N. The standard InChI is InChI=1S/C52H35N/c1-2-16-35-33(15-1)29-30-38(37-18-4-3-17-36(35)37)44-31-34(53-49-27-13-8-21-41(49)42-22-9-14-28-50(42)53)32-48-51(44)43-23-7-12-26-47(43)52(48)45-24-10-5-19-39(45)40-20-6-11-25-46(40)52/h1-28,31-32,38H,29-30H2. The van der Waals surface area contributed by atoms with Crippen LogP contribution >= 0.6 is 0 Å². The summed E-state index contributed by atoms with van der Waals surface area (Å²) in [6, 6.07) is 68.9. The molecule has 1 spiro atoms. The summed E-state index contributed by atoms with van der Waals surface area (Å²) in [5.41, 5.74) is 21.3. The third kappa shape index (κ3) is 3.76. The number of aryl methyl sites for hydroxylation is 1. The van der Waals surface area contributed by atoms with Gasteiger partial charge in [0, 0.05) is 22.4 Å². The van der Waals surface area contributed by atoms with Crippen LogP contribution in [-0.4, -0.2) is 4.57 Å². The molecule has 3 aliphatic rings. The lowest BCUT2D eigenvalue weighted by Crippen LogP contribution is -2.26. The lowest BCUT2D eigenvalue weighted by Gasteiger charge is -2.31. The molecule has 1 heterocycles. The fourth-order valence-electron chi connectivity index (χ4n) is 10.7. The van der Waals surface area contributed by atoms with Crippen molar-refractivity contribution in [2.75, 3.05) is 0 Å². The van der Waals surface area contributed by atoms with E-state index in [1.807, 2.05) is 0 Å². The average molecular weight is 674 g/mol. The highest BCUT2D eigenvalue weighted by Gasteiger charge is 2.52. The van der Waals surface area contributed by atoms with Crippen LogP contribution in [0.15, 0.2) is 182 Å². The molecule has 0 radical (unpaired) electrons. The maximum atomic E-state index is 2.57. The van der Waals surface area contributed by atoms with Gasteiger partial charge in [-0.2, -0.15) is 0 Å². The molecule has 0 N–H and O–H groups in total. The number of hydrogen-bond donors (Lipinski definition) is 0. The van der Waals surface area contributed by atoms with Gasteiger partial charge in [-0.3, -0.25) is 0 Å². The number of fused-ring (bicyclic) bond motifs is 16. The third-order valence-electron chi connectivity index (χ3n) is 12.7. The van der Waals surface area contributed by atoms with Crippen molar-refractivity contribution in [1.82, 2.24) is 4.57 Å². The summed E-state index contributed by atoms with van der Waals surface area (Å²) in [6.45, 7) is 0. The summed E-state index contributed by atoms with van der Waals surface area (Å²) in [5.74, 6) is 0.204. The van der Waals surface area contributed by atoms with Crippen LogP contribution in [0.5, 0.6) is 0 Å². The van der Waals surface area contributed by atoms with Crippen LogP contribution < -0.4 is 0 Å². The van der Waals surface area contributed by atoms with Crippen molar-refractivity contribution in [2.45, 2.75) is 24.2 Å². The Labute approximate surface area is 309 Å². The summed E-state index contributed by atoms with van der Waals surface area (Å²) in [6.07, 6.45) is 2.07. The first-order valence-electron chi connectivity index (χ1n) is 19.0. The van der Waals surface area contributed by atoms with Gasteiger partial charge in [-0.25, -0.2) is 0 Å². The molecule has 3 aliphatic carbocycles. The zero-order chi connectivity index (χ0) is 34.7. The van der Waals surface area contributed by atoms with Crippen molar-refractivity contribution in [3.63, 3.8) is 0 Å². The van der Waals surface area contributed by atoms with Crippen molar-refractivity contribution in [1.29, 1.82) is 0 Å². The highest BCUT2D eigenvalue weighted by atomic mass is 15.0. The maximum Gasteiger partial charge on any atom is 0.0726 e. The SMILES string of the molecule is c1ccc2c(c1)CCC(c1cc(-n3c4ccccc4c4ccccc43)cc3c1-c1ccccc1C31c3ccccc3-c3ccccc31)c1ccccc1-2. The van der Waals surface area contributed by atoms with Crippen LogP contribution in [0.1, 0.15) is 51.3 Å². The predicted octanol–water partition coefficient (Wildman–Crippen LogP) is 12.9. The second kappa shape index (κ2) is 10.8. The Morgan fingerprint density at radius 3 is 1.60 bits per heavy atom. The van der Waals surface area contributed by atoms with Gasteiger partial charge in [0.2, 0.25) is 0 Å². The first kappa shape index (κ1) is 29.2. The van der Waals surface area contributed by atoms with Crippen LogP contribution in [0.2, 0.25) is 0 Å². The molecule has 0 saturated heterocycles. The molecule has 0 fully saturated rings. The molecule has 53 heavy (non-hydrogen) atoms. The van der Waals surface area contributed by atoms with E-state index in [1.165, 1.54) is 99.8 Å². The summed E-state index contributed by atoms with van der Waals surface area (Å²) < 4.78 is 2.54. The van der Waals surface area contributed by atoms with Gasteiger partial charge in [0.1, 0.15) is 0 Å². The van der Waals surface area contributed by atoms with Crippen LogP contribution in [0.3, 0.4) is 0 Å². The predicted molar refractivity (Wildman–Crippen MR) is 219 cm³/mol. The van der Waals surface area contributed by atoms with Gasteiger partial charge in [-0.15, -0.1) is 0 Å². The normalized spacial score (nSPS) is 15.7. The Morgan fingerprint density at radius 1 is 0.415 bits per heavy atom. The molecule has 1 aromatic heterocycles. The second-order valence-corrected chi connectivity index (χ2v) is 15.0. The summed E-state index contributed by atoms with van der Waals surface area (Å²) in [5, 5.41) is 2.57. The third-order valence-corrected chi connectivity index (χ3v) is 12.7. The lowest BCUT2D eigenvalue weighted by atomic mass is 9.70. The molecule has 248 valence electrons. The summed E-state index contributed by atoms with van der Waals surface area (Å²) >= 11 is 0. The smallest absolute Gasteiger partial charge is 0.0726 e. The molecular weight excluding hydrogens is 639 g/mol. The molecule has 0 amide bonds. The largest absolute Gasteiger partial charge is 0.309 e. The van der Waals surface area contributed by atoms with E-state index in [0.29, 0.717) is 0 Å². The molecule has 12 rings (SSSR count). The van der Waals surface area contributed by atoms with Gasteiger partial charge in [0.05, 0.1) is 16.4 Å². The number of hydrogen-bond acceptors (Lipinski definition) is 0. The number of aromatic nitrogens is 1. The van der Waals surface area contributed by atoms with Gasteiger partial charge in [0.15, 0.2) is 0 Å². The fourth-order valence-corrected chi connectivity index (χ4v) is 10.7. The second-order valence-electron chi connectivity index (χ2n) is 15.0. The Balaban J connectivity index is 1.25. The Bertz CT molecular complexity index is 2880. The van der Waals surface area contributed by atoms with E-state index in [-0.39, 0.29) is 5.92 Å². The van der Waals surface area contributed by atoms with Gasteiger partial charge in [0.25, 0.3) is 0 Å². The number of nitrogens with zero attached hydrogens (tertiary/aromatic N) is 1. The minimum absolute atomic E-state index is 0.204. The molecule has 8 aromatic carbocycles. The van der Waals surface area contributed by atoms with Crippen molar-refractivity contribution in [3.05, 3.63) is 221 Å². The van der Waals surface area contributed by atoms with E-state index in [4.69, 9.17) is 0 Å². The molecule has 0 bridgehead atoms. The van der Waals surface area contributed by atoms with E-state index in [2.05, 4.69) is 187 Å². The van der Waals surface area contributed by atoms with Crippen molar-refractivity contribution < 1.29 is 0 Å². The number of para-hydroxylation sites is 2. The van der Waals surface area contributed by atoms with Gasteiger partial charge in [-0.1, -0.05) is 158 Å². The van der Waals surface area contributed by atoms with Crippen LogP contribution in [-0.2, 0) is 11.8 Å². The molecule has 1 unspecified atom stereocenters. The van der Waals surface area contributed by atoms with Crippen LogP contribution in [0.25, 0.3) is 60.9 Å². The monoisotopic (exact) mass is 673 g/mol. The van der Waals surface area contributed by atoms with Crippen molar-refractivity contribution in [3.8, 4) is 39.1 Å². The van der Waals surface area contributed by atoms with E-state index in [9.17, 15) is 0 Å². The molecule has 9 aromatic rings. The van der Waals surface area contributed by atoms with Gasteiger partial charge < -0.3 is 4.57 Å². The van der Waals surface area contributed by atoms with E-state index in [0.717, 1.165) is 12.8 Å². The van der Waals surface area contributed by atoms with Crippen LogP contribution in [0, 0.1) is 0 Å². The number of rotatable bonds is 2.